The number of thiazole rings is 1. The lowest BCUT2D eigenvalue weighted by atomic mass is 10.1. The van der Waals surface area contributed by atoms with Gasteiger partial charge in [0.2, 0.25) is 0 Å². The fraction of sp³-hybridized carbons (Fsp3) is 0.238. The lowest BCUT2D eigenvalue weighted by Gasteiger charge is -2.06. The van der Waals surface area contributed by atoms with E-state index in [4.69, 9.17) is 9.47 Å². The van der Waals surface area contributed by atoms with Gasteiger partial charge in [-0.1, -0.05) is 23.5 Å². The Kier molecular flexibility index (Phi) is 5.93. The minimum atomic E-state index is -0.617. The first kappa shape index (κ1) is 20.5. The molecule has 3 rings (SSSR count). The highest BCUT2D eigenvalue weighted by Crippen LogP contribution is 2.22. The van der Waals surface area contributed by atoms with Crippen LogP contribution in [0.15, 0.2) is 41.4 Å². The highest BCUT2D eigenvalue weighted by atomic mass is 32.1. The van der Waals surface area contributed by atoms with Crippen LogP contribution in [0.5, 0.6) is 0 Å². The average Bonchev–Trinajstić information content (AvgIpc) is 3.03. The lowest BCUT2D eigenvalue weighted by molar-refractivity contribution is -0.141. The quantitative estimate of drug-likeness (QED) is 0.615. The van der Waals surface area contributed by atoms with Crippen LogP contribution in [0.4, 0.5) is 0 Å². The molecule has 0 aliphatic carbocycles. The molecule has 7 nitrogen and oxygen atoms in total. The summed E-state index contributed by atoms with van der Waals surface area (Å²) in [4.78, 5) is 41.4. The topological polar surface area (TPSA) is 87.0 Å². The van der Waals surface area contributed by atoms with Crippen LogP contribution in [0.3, 0.4) is 0 Å². The molecule has 0 spiro atoms. The summed E-state index contributed by atoms with van der Waals surface area (Å²) < 4.78 is 12.1. The Morgan fingerprint density at radius 3 is 2.31 bits per heavy atom. The molecule has 0 N–H and O–H groups in total. The zero-order valence-electron chi connectivity index (χ0n) is 16.5. The van der Waals surface area contributed by atoms with Crippen LogP contribution in [0, 0.1) is 13.8 Å². The monoisotopic (exact) mass is 412 g/mol. The molecule has 1 aromatic heterocycles. The van der Waals surface area contributed by atoms with Gasteiger partial charge in [0.1, 0.15) is 6.54 Å². The SMILES string of the molecule is COC(=O)Cn1c(=NC(=O)c2ccccc2C(=O)OC)sc2cc(C)c(C)cc21. The first-order chi connectivity index (χ1) is 13.8. The van der Waals surface area contributed by atoms with Crippen LogP contribution in [-0.4, -0.2) is 36.6 Å². The standard InChI is InChI=1S/C21H20N2O5S/c1-12-9-16-17(10-13(12)2)29-21(23(16)11-18(24)27-3)22-19(25)14-7-5-6-8-15(14)20(26)28-4/h5-10H,11H2,1-4H3. The fourth-order valence-corrected chi connectivity index (χ4v) is 3.97. The van der Waals surface area contributed by atoms with E-state index in [2.05, 4.69) is 4.99 Å². The number of aryl methyl sites for hydroxylation is 2. The summed E-state index contributed by atoms with van der Waals surface area (Å²) in [7, 11) is 2.56. The van der Waals surface area contributed by atoms with Gasteiger partial charge in [-0.15, -0.1) is 0 Å². The number of aromatic nitrogens is 1. The Hall–Kier alpha value is -3.26. The number of nitrogens with zero attached hydrogens (tertiary/aromatic N) is 2. The Balaban J connectivity index is 2.20. The van der Waals surface area contributed by atoms with E-state index < -0.39 is 17.8 Å². The maximum absolute atomic E-state index is 12.9. The number of methoxy groups -OCH3 is 2. The summed E-state index contributed by atoms with van der Waals surface area (Å²) in [5, 5.41) is 0. The van der Waals surface area contributed by atoms with Gasteiger partial charge in [0, 0.05) is 0 Å². The molecule has 29 heavy (non-hydrogen) atoms. The second kappa shape index (κ2) is 8.40. The van der Waals surface area contributed by atoms with Crippen LogP contribution >= 0.6 is 11.3 Å². The highest BCUT2D eigenvalue weighted by Gasteiger charge is 2.18. The molecule has 0 aliphatic rings. The average molecular weight is 412 g/mol. The van der Waals surface area contributed by atoms with Crippen molar-refractivity contribution in [3.63, 3.8) is 0 Å². The van der Waals surface area contributed by atoms with Gasteiger partial charge in [-0.05, 0) is 49.2 Å². The van der Waals surface area contributed by atoms with Crippen molar-refractivity contribution in [3.05, 3.63) is 63.5 Å². The number of rotatable bonds is 4. The van der Waals surface area contributed by atoms with E-state index >= 15 is 0 Å². The maximum Gasteiger partial charge on any atom is 0.338 e. The molecular formula is C21H20N2O5S. The fourth-order valence-electron chi connectivity index (χ4n) is 2.86. The third kappa shape index (κ3) is 4.12. The summed E-state index contributed by atoms with van der Waals surface area (Å²) in [6.07, 6.45) is 0. The molecule has 0 unspecified atom stereocenters. The minimum Gasteiger partial charge on any atom is -0.468 e. The van der Waals surface area contributed by atoms with Gasteiger partial charge in [0.25, 0.3) is 5.91 Å². The third-order valence-corrected chi connectivity index (χ3v) is 5.61. The van der Waals surface area contributed by atoms with Crippen molar-refractivity contribution in [1.82, 2.24) is 4.57 Å². The van der Waals surface area contributed by atoms with Crippen LogP contribution in [0.2, 0.25) is 0 Å². The molecule has 2 aromatic carbocycles. The van der Waals surface area contributed by atoms with Crippen molar-refractivity contribution >= 4 is 39.4 Å². The first-order valence-corrected chi connectivity index (χ1v) is 9.61. The van der Waals surface area contributed by atoms with E-state index in [1.54, 1.807) is 16.7 Å². The maximum atomic E-state index is 12.9. The van der Waals surface area contributed by atoms with E-state index in [-0.39, 0.29) is 17.7 Å². The first-order valence-electron chi connectivity index (χ1n) is 8.79. The van der Waals surface area contributed by atoms with E-state index in [0.29, 0.717) is 4.80 Å². The molecule has 0 atom stereocenters. The Labute approximate surface area is 171 Å². The zero-order chi connectivity index (χ0) is 21.1. The molecule has 0 saturated carbocycles. The molecule has 150 valence electrons. The van der Waals surface area contributed by atoms with Gasteiger partial charge in [0.05, 0.1) is 35.6 Å². The lowest BCUT2D eigenvalue weighted by Crippen LogP contribution is -2.23. The number of benzene rings is 2. The summed E-state index contributed by atoms with van der Waals surface area (Å²) >= 11 is 1.29. The van der Waals surface area contributed by atoms with Crippen molar-refractivity contribution in [2.45, 2.75) is 20.4 Å². The summed E-state index contributed by atoms with van der Waals surface area (Å²) in [5.74, 6) is -1.66. The minimum absolute atomic E-state index is 0.0796. The number of amides is 1. The van der Waals surface area contributed by atoms with E-state index in [9.17, 15) is 14.4 Å². The normalized spacial score (nSPS) is 11.5. The number of esters is 2. The van der Waals surface area contributed by atoms with Crippen LogP contribution in [0.1, 0.15) is 31.8 Å². The molecule has 0 bridgehead atoms. The largest absolute Gasteiger partial charge is 0.468 e. The molecule has 0 saturated heterocycles. The van der Waals surface area contributed by atoms with Crippen molar-refractivity contribution in [2.75, 3.05) is 14.2 Å². The van der Waals surface area contributed by atoms with Crippen LogP contribution in [0.25, 0.3) is 10.2 Å². The summed E-state index contributed by atoms with van der Waals surface area (Å²) in [5.41, 5.74) is 3.21. The Bertz CT molecular complexity index is 1190. The Morgan fingerprint density at radius 1 is 1.00 bits per heavy atom. The molecule has 1 heterocycles. The second-order valence-electron chi connectivity index (χ2n) is 6.41. The van der Waals surface area contributed by atoms with Crippen molar-refractivity contribution in [1.29, 1.82) is 0 Å². The third-order valence-electron chi connectivity index (χ3n) is 4.57. The van der Waals surface area contributed by atoms with Crippen molar-refractivity contribution in [3.8, 4) is 0 Å². The molecule has 3 aromatic rings. The molecular weight excluding hydrogens is 392 g/mol. The molecule has 0 aliphatic heterocycles. The van der Waals surface area contributed by atoms with Gasteiger partial charge in [-0.25, -0.2) is 4.79 Å². The van der Waals surface area contributed by atoms with Crippen LogP contribution < -0.4 is 4.80 Å². The number of carbonyl (C=O) groups is 3. The Morgan fingerprint density at radius 2 is 1.66 bits per heavy atom. The van der Waals surface area contributed by atoms with Gasteiger partial charge in [-0.3, -0.25) is 9.59 Å². The number of ether oxygens (including phenoxy) is 2. The van der Waals surface area contributed by atoms with Crippen LogP contribution in [-0.2, 0) is 20.8 Å². The predicted molar refractivity (Wildman–Crippen MR) is 109 cm³/mol. The smallest absolute Gasteiger partial charge is 0.338 e. The molecule has 1 amide bonds. The number of fused-ring (bicyclic) bond motifs is 1. The predicted octanol–water partition coefficient (Wildman–Crippen LogP) is 3.02. The molecule has 0 fully saturated rings. The number of carbonyl (C=O) groups excluding carboxylic acids is 3. The van der Waals surface area contributed by atoms with Crippen molar-refractivity contribution < 1.29 is 23.9 Å². The van der Waals surface area contributed by atoms with Crippen molar-refractivity contribution in [2.24, 2.45) is 4.99 Å². The number of hydrogen-bond acceptors (Lipinski definition) is 6. The van der Waals surface area contributed by atoms with Gasteiger partial charge >= 0.3 is 11.9 Å². The van der Waals surface area contributed by atoms with Gasteiger partial charge in [0.15, 0.2) is 4.80 Å². The second-order valence-corrected chi connectivity index (χ2v) is 7.41. The van der Waals surface area contributed by atoms with E-state index in [0.717, 1.165) is 21.3 Å². The van der Waals surface area contributed by atoms with Gasteiger partial charge < -0.3 is 14.0 Å². The zero-order valence-corrected chi connectivity index (χ0v) is 17.3. The number of hydrogen-bond donors (Lipinski definition) is 0. The van der Waals surface area contributed by atoms with E-state index in [1.165, 1.54) is 37.7 Å². The van der Waals surface area contributed by atoms with E-state index in [1.807, 2.05) is 26.0 Å². The summed E-state index contributed by atoms with van der Waals surface area (Å²) in [6.45, 7) is 3.89. The summed E-state index contributed by atoms with van der Waals surface area (Å²) in [6, 6.07) is 10.3. The molecule has 8 heteroatoms. The van der Waals surface area contributed by atoms with Gasteiger partial charge in [-0.2, -0.15) is 4.99 Å². The highest BCUT2D eigenvalue weighted by molar-refractivity contribution is 7.16. The molecule has 0 radical (unpaired) electrons.